The molecule has 0 bridgehead atoms. The highest BCUT2D eigenvalue weighted by molar-refractivity contribution is 7.98. The van der Waals surface area contributed by atoms with Gasteiger partial charge in [0, 0.05) is 11.5 Å². The van der Waals surface area contributed by atoms with Crippen LogP contribution >= 0.6 is 11.8 Å². The van der Waals surface area contributed by atoms with Gasteiger partial charge in [0.15, 0.2) is 0 Å². The molecule has 16 heavy (non-hydrogen) atoms. The Bertz CT molecular complexity index is 428. The molecule has 1 aromatic carbocycles. The highest BCUT2D eigenvalue weighted by Crippen LogP contribution is 2.17. The topological polar surface area (TPSA) is 61.1 Å². The van der Waals surface area contributed by atoms with E-state index in [1.807, 2.05) is 6.07 Å². The lowest BCUT2D eigenvalue weighted by Gasteiger charge is -2.02. The van der Waals surface area contributed by atoms with Crippen molar-refractivity contribution >= 4 is 17.7 Å². The lowest BCUT2D eigenvalue weighted by atomic mass is 10.1. The smallest absolute Gasteiger partial charge is 0.304 e. The number of carboxylic acid groups (broad SMARTS) is 1. The van der Waals surface area contributed by atoms with Gasteiger partial charge in [-0.15, -0.1) is 0 Å². The van der Waals surface area contributed by atoms with Crippen LogP contribution in [0.3, 0.4) is 0 Å². The minimum Gasteiger partial charge on any atom is -0.481 e. The molecule has 1 rings (SSSR count). The Morgan fingerprint density at radius 3 is 2.88 bits per heavy atom. The minimum atomic E-state index is -0.854. The number of carbonyl (C=O) groups is 1. The number of aliphatic carboxylic acids is 1. The third-order valence-electron chi connectivity index (χ3n) is 1.90. The molecule has 0 saturated carbocycles. The molecule has 84 valence electrons. The molecule has 0 fully saturated rings. The predicted octanol–water partition coefficient (Wildman–Crippen LogP) is 2.41. The van der Waals surface area contributed by atoms with E-state index in [0.717, 1.165) is 0 Å². The summed E-state index contributed by atoms with van der Waals surface area (Å²) in [6, 6.07) is 6.15. The summed E-state index contributed by atoms with van der Waals surface area (Å²) in [5.41, 5.74) is 0.783. The van der Waals surface area contributed by atoms with Crippen LogP contribution in [0.15, 0.2) is 18.2 Å². The molecular weight excluding hydrogens is 229 g/mol. The number of hydrogen-bond acceptors (Lipinski definition) is 3. The summed E-state index contributed by atoms with van der Waals surface area (Å²) in [5, 5.41) is 17.0. The van der Waals surface area contributed by atoms with Gasteiger partial charge in [0.25, 0.3) is 0 Å². The van der Waals surface area contributed by atoms with Crippen molar-refractivity contribution in [1.29, 1.82) is 5.26 Å². The van der Waals surface area contributed by atoms with Crippen LogP contribution in [0, 0.1) is 17.1 Å². The monoisotopic (exact) mass is 239 g/mol. The summed E-state index contributed by atoms with van der Waals surface area (Å²) in [6.45, 7) is 0. The molecule has 0 atom stereocenters. The molecule has 0 aromatic heterocycles. The van der Waals surface area contributed by atoms with Gasteiger partial charge in [0.2, 0.25) is 0 Å². The summed E-state index contributed by atoms with van der Waals surface area (Å²) >= 11 is 1.36. The molecule has 0 aliphatic rings. The van der Waals surface area contributed by atoms with Gasteiger partial charge in [-0.3, -0.25) is 4.79 Å². The minimum absolute atomic E-state index is 0.0720. The SMILES string of the molecule is N#Cc1ccc(CSCCC(=O)O)c(F)c1. The molecule has 1 aromatic rings. The molecule has 0 heterocycles. The lowest BCUT2D eigenvalue weighted by Crippen LogP contribution is -1.97. The highest BCUT2D eigenvalue weighted by Gasteiger charge is 2.04. The Kier molecular flexibility index (Phi) is 4.80. The van der Waals surface area contributed by atoms with Crippen LogP contribution in [-0.2, 0) is 10.5 Å². The number of carboxylic acids is 1. The second-order valence-corrected chi connectivity index (χ2v) is 4.22. The van der Waals surface area contributed by atoms with Crippen LogP contribution in [0.4, 0.5) is 4.39 Å². The number of thioether (sulfide) groups is 1. The van der Waals surface area contributed by atoms with E-state index in [4.69, 9.17) is 10.4 Å². The Morgan fingerprint density at radius 1 is 1.56 bits per heavy atom. The first-order valence-corrected chi connectivity index (χ1v) is 5.77. The average molecular weight is 239 g/mol. The number of rotatable bonds is 5. The van der Waals surface area contributed by atoms with Crippen LogP contribution in [-0.4, -0.2) is 16.8 Å². The van der Waals surface area contributed by atoms with E-state index in [2.05, 4.69) is 0 Å². The Morgan fingerprint density at radius 2 is 2.31 bits per heavy atom. The maximum absolute atomic E-state index is 13.3. The Labute approximate surface area is 96.9 Å². The zero-order chi connectivity index (χ0) is 12.0. The summed E-state index contributed by atoms with van der Waals surface area (Å²) < 4.78 is 13.3. The van der Waals surface area contributed by atoms with E-state index < -0.39 is 11.8 Å². The first-order chi connectivity index (χ1) is 7.63. The first-order valence-electron chi connectivity index (χ1n) is 4.61. The fourth-order valence-corrected chi connectivity index (χ4v) is 1.99. The van der Waals surface area contributed by atoms with Gasteiger partial charge in [-0.05, 0) is 17.7 Å². The van der Waals surface area contributed by atoms with Crippen molar-refractivity contribution in [3.8, 4) is 6.07 Å². The van der Waals surface area contributed by atoms with Gasteiger partial charge in [0.05, 0.1) is 18.1 Å². The van der Waals surface area contributed by atoms with Crippen molar-refractivity contribution in [3.63, 3.8) is 0 Å². The van der Waals surface area contributed by atoms with Crippen LogP contribution in [0.25, 0.3) is 0 Å². The molecular formula is C11H10FNO2S. The van der Waals surface area contributed by atoms with E-state index >= 15 is 0 Å². The maximum atomic E-state index is 13.3. The standard InChI is InChI=1S/C11H10FNO2S/c12-10-5-8(6-13)1-2-9(10)7-16-4-3-11(14)15/h1-2,5H,3-4,7H2,(H,14,15). The molecule has 0 radical (unpaired) electrons. The van der Waals surface area contributed by atoms with Gasteiger partial charge < -0.3 is 5.11 Å². The van der Waals surface area contributed by atoms with Crippen molar-refractivity contribution in [3.05, 3.63) is 35.1 Å². The van der Waals surface area contributed by atoms with Crippen molar-refractivity contribution < 1.29 is 14.3 Å². The van der Waals surface area contributed by atoms with Crippen LogP contribution in [0.2, 0.25) is 0 Å². The third-order valence-corrected chi connectivity index (χ3v) is 2.91. The number of hydrogen-bond donors (Lipinski definition) is 1. The molecule has 0 amide bonds. The fourth-order valence-electron chi connectivity index (χ4n) is 1.08. The summed E-state index contributed by atoms with van der Waals surface area (Å²) in [7, 11) is 0. The molecule has 0 aliphatic heterocycles. The molecule has 0 unspecified atom stereocenters. The zero-order valence-electron chi connectivity index (χ0n) is 8.44. The second-order valence-electron chi connectivity index (χ2n) is 3.11. The summed E-state index contributed by atoms with van der Waals surface area (Å²) in [6.07, 6.45) is 0.0720. The first kappa shape index (κ1) is 12.5. The predicted molar refractivity (Wildman–Crippen MR) is 59.5 cm³/mol. The van der Waals surface area contributed by atoms with E-state index in [9.17, 15) is 9.18 Å². The number of benzene rings is 1. The lowest BCUT2D eigenvalue weighted by molar-refractivity contribution is -0.136. The molecule has 0 saturated heterocycles. The van der Waals surface area contributed by atoms with E-state index in [0.29, 0.717) is 17.1 Å². The fraction of sp³-hybridized carbons (Fsp3) is 0.273. The quantitative estimate of drug-likeness (QED) is 0.801. The normalized spacial score (nSPS) is 9.75. The second kappa shape index (κ2) is 6.13. The van der Waals surface area contributed by atoms with Gasteiger partial charge in [-0.2, -0.15) is 17.0 Å². The summed E-state index contributed by atoms with van der Waals surface area (Å²) in [4.78, 5) is 10.2. The Hall–Kier alpha value is -1.54. The van der Waals surface area contributed by atoms with Gasteiger partial charge in [-0.25, -0.2) is 4.39 Å². The number of halogens is 1. The van der Waals surface area contributed by atoms with Gasteiger partial charge in [-0.1, -0.05) is 6.07 Å². The van der Waals surface area contributed by atoms with Crippen molar-refractivity contribution in [2.75, 3.05) is 5.75 Å². The van der Waals surface area contributed by atoms with Crippen LogP contribution in [0.1, 0.15) is 17.5 Å². The van der Waals surface area contributed by atoms with E-state index in [-0.39, 0.29) is 12.0 Å². The largest absolute Gasteiger partial charge is 0.481 e. The maximum Gasteiger partial charge on any atom is 0.304 e. The third kappa shape index (κ3) is 3.91. The Balaban J connectivity index is 2.49. The molecule has 0 aliphatic carbocycles. The number of nitrogens with zero attached hydrogens (tertiary/aromatic N) is 1. The average Bonchev–Trinajstić information content (AvgIpc) is 2.25. The summed E-state index contributed by atoms with van der Waals surface area (Å²) in [5.74, 6) is -0.394. The highest BCUT2D eigenvalue weighted by atomic mass is 32.2. The van der Waals surface area contributed by atoms with Crippen LogP contribution in [0.5, 0.6) is 0 Å². The van der Waals surface area contributed by atoms with E-state index in [1.54, 1.807) is 12.1 Å². The molecule has 0 spiro atoms. The molecule has 5 heteroatoms. The molecule has 1 N–H and O–H groups in total. The van der Waals surface area contributed by atoms with Gasteiger partial charge in [0.1, 0.15) is 5.82 Å². The van der Waals surface area contributed by atoms with Gasteiger partial charge >= 0.3 is 5.97 Å². The number of nitriles is 1. The van der Waals surface area contributed by atoms with Crippen molar-refractivity contribution in [1.82, 2.24) is 0 Å². The van der Waals surface area contributed by atoms with E-state index in [1.165, 1.54) is 17.8 Å². The van der Waals surface area contributed by atoms with Crippen molar-refractivity contribution in [2.45, 2.75) is 12.2 Å². The zero-order valence-corrected chi connectivity index (χ0v) is 9.26. The molecule has 3 nitrogen and oxygen atoms in total. The van der Waals surface area contributed by atoms with Crippen LogP contribution < -0.4 is 0 Å². The van der Waals surface area contributed by atoms with Crippen molar-refractivity contribution in [2.24, 2.45) is 0 Å².